The lowest BCUT2D eigenvalue weighted by Crippen LogP contribution is -2.55. The molecule has 5 aliphatic rings. The van der Waals surface area contributed by atoms with Crippen LogP contribution in [0.25, 0.3) is 67.2 Å². The fraction of sp³-hybridized carbons (Fsp3) is 0.217. The standard InChI is InChI=1S/C46H36N4/c1-2-8-30(9-3-1)31-15-17-33(18-16-31)43-48-44(50-45(49-43)40-13-6-11-32-10-4-5-12-37(32)40)34-19-20-38-39-14-7-21-47-42(39)46(41(38)27-34)35-23-28-22-29(25-35)26-36(46)24-28/h1-21,27-29,35-36H,22-26H2. The first kappa shape index (κ1) is 28.4. The summed E-state index contributed by atoms with van der Waals surface area (Å²) < 4.78 is 0. The van der Waals surface area contributed by atoms with Crippen LogP contribution in [0.3, 0.4) is 0 Å². The highest BCUT2D eigenvalue weighted by atomic mass is 15.0. The third-order valence-corrected chi connectivity index (χ3v) is 12.6. The van der Waals surface area contributed by atoms with E-state index < -0.39 is 0 Å². The lowest BCUT2D eigenvalue weighted by atomic mass is 9.43. The topological polar surface area (TPSA) is 51.6 Å². The summed E-state index contributed by atoms with van der Waals surface area (Å²) in [6.07, 6.45) is 8.76. The van der Waals surface area contributed by atoms with Crippen molar-refractivity contribution in [1.82, 2.24) is 19.9 Å². The molecule has 240 valence electrons. The first-order valence-corrected chi connectivity index (χ1v) is 18.2. The Hall–Kier alpha value is -5.48. The summed E-state index contributed by atoms with van der Waals surface area (Å²) in [6, 6.07) is 45.4. The Bertz CT molecular complexity index is 2420. The van der Waals surface area contributed by atoms with Gasteiger partial charge in [0.15, 0.2) is 17.5 Å². The number of aromatic nitrogens is 4. The Kier molecular flexibility index (Phi) is 6.10. The molecular formula is C46H36N4. The van der Waals surface area contributed by atoms with Crippen LogP contribution in [0, 0.1) is 23.7 Å². The minimum Gasteiger partial charge on any atom is -0.260 e. The van der Waals surface area contributed by atoms with E-state index in [1.54, 1.807) is 0 Å². The predicted molar refractivity (Wildman–Crippen MR) is 200 cm³/mol. The first-order valence-electron chi connectivity index (χ1n) is 18.2. The molecule has 12 rings (SSSR count). The normalized spacial score (nSPS) is 24.1. The van der Waals surface area contributed by atoms with Crippen LogP contribution in [-0.4, -0.2) is 19.9 Å². The summed E-state index contributed by atoms with van der Waals surface area (Å²) in [5.41, 5.74) is 10.9. The molecular weight excluding hydrogens is 609 g/mol. The first-order chi connectivity index (χ1) is 24.7. The van der Waals surface area contributed by atoms with E-state index in [1.807, 2.05) is 6.20 Å². The molecule has 0 atom stereocenters. The lowest BCUT2D eigenvalue weighted by molar-refractivity contribution is -0.0415. The maximum Gasteiger partial charge on any atom is 0.164 e. The molecule has 4 bridgehead atoms. The molecule has 0 radical (unpaired) electrons. The van der Waals surface area contributed by atoms with Crippen molar-refractivity contribution in [3.05, 3.63) is 145 Å². The minimum absolute atomic E-state index is 0.0169. The van der Waals surface area contributed by atoms with Gasteiger partial charge in [-0.25, -0.2) is 15.0 Å². The number of pyridine rings is 1. The van der Waals surface area contributed by atoms with Crippen LogP contribution in [0.4, 0.5) is 0 Å². The third kappa shape index (κ3) is 4.11. The van der Waals surface area contributed by atoms with Crippen LogP contribution in [0.5, 0.6) is 0 Å². The van der Waals surface area contributed by atoms with E-state index >= 15 is 0 Å². The van der Waals surface area contributed by atoms with Gasteiger partial charge in [-0.05, 0) is 101 Å². The van der Waals surface area contributed by atoms with E-state index in [1.165, 1.54) is 71.0 Å². The van der Waals surface area contributed by atoms with E-state index in [0.717, 1.165) is 39.7 Å². The van der Waals surface area contributed by atoms with E-state index in [-0.39, 0.29) is 5.41 Å². The van der Waals surface area contributed by atoms with Gasteiger partial charge in [-0.1, -0.05) is 115 Å². The average molecular weight is 645 g/mol. The van der Waals surface area contributed by atoms with Gasteiger partial charge in [0.05, 0.1) is 5.69 Å². The summed E-state index contributed by atoms with van der Waals surface area (Å²) in [5.74, 6) is 5.15. The predicted octanol–water partition coefficient (Wildman–Crippen LogP) is 10.8. The summed E-state index contributed by atoms with van der Waals surface area (Å²) in [5, 5.41) is 2.31. The van der Waals surface area contributed by atoms with Gasteiger partial charge in [0.1, 0.15) is 0 Å². The maximum absolute atomic E-state index is 5.28. The number of hydrogen-bond donors (Lipinski definition) is 0. The Morgan fingerprint density at radius 2 is 1.08 bits per heavy atom. The highest BCUT2D eigenvalue weighted by Crippen LogP contribution is 2.69. The minimum atomic E-state index is -0.0169. The number of rotatable bonds is 4. The Morgan fingerprint density at radius 3 is 1.88 bits per heavy atom. The molecule has 50 heavy (non-hydrogen) atoms. The molecule has 0 N–H and O–H groups in total. The van der Waals surface area contributed by atoms with Crippen molar-refractivity contribution >= 4 is 10.8 Å². The summed E-state index contributed by atoms with van der Waals surface area (Å²) in [4.78, 5) is 20.9. The van der Waals surface area contributed by atoms with E-state index in [2.05, 4.69) is 127 Å². The molecule has 0 aliphatic heterocycles. The zero-order valence-corrected chi connectivity index (χ0v) is 27.8. The zero-order valence-electron chi connectivity index (χ0n) is 27.8. The molecule has 4 heteroatoms. The molecule has 5 aliphatic carbocycles. The van der Waals surface area contributed by atoms with Crippen molar-refractivity contribution in [3.8, 4) is 56.4 Å². The maximum atomic E-state index is 5.28. The Labute approximate surface area is 292 Å². The number of hydrogen-bond acceptors (Lipinski definition) is 4. The van der Waals surface area contributed by atoms with Gasteiger partial charge >= 0.3 is 0 Å². The molecule has 5 aromatic carbocycles. The molecule has 4 fully saturated rings. The van der Waals surface area contributed by atoms with Crippen molar-refractivity contribution in [3.63, 3.8) is 0 Å². The SMILES string of the molecule is c1ccc(-c2ccc(-c3nc(-c4ccc5c(c4)C4(c6ncccc6-5)C5CC6CC(C5)CC4C6)nc(-c4cccc5ccccc45)n3)cc2)cc1. The van der Waals surface area contributed by atoms with Gasteiger partial charge in [0.2, 0.25) is 0 Å². The largest absolute Gasteiger partial charge is 0.260 e. The van der Waals surface area contributed by atoms with Crippen LogP contribution in [0.15, 0.2) is 134 Å². The average Bonchev–Trinajstić information content (AvgIpc) is 3.47. The summed E-state index contributed by atoms with van der Waals surface area (Å²) >= 11 is 0. The molecule has 4 nitrogen and oxygen atoms in total. The quantitative estimate of drug-likeness (QED) is 0.191. The summed E-state index contributed by atoms with van der Waals surface area (Å²) in [6.45, 7) is 0. The Balaban J connectivity index is 1.10. The van der Waals surface area contributed by atoms with Crippen LogP contribution >= 0.6 is 0 Å². The van der Waals surface area contributed by atoms with Crippen molar-refractivity contribution < 1.29 is 0 Å². The molecule has 2 aromatic heterocycles. The summed E-state index contributed by atoms with van der Waals surface area (Å²) in [7, 11) is 0. The van der Waals surface area contributed by atoms with Gasteiger partial charge in [-0.15, -0.1) is 0 Å². The molecule has 2 heterocycles. The van der Waals surface area contributed by atoms with Gasteiger partial charge in [0, 0.05) is 33.9 Å². The number of fused-ring (bicyclic) bond motifs is 4. The molecule has 0 saturated heterocycles. The van der Waals surface area contributed by atoms with E-state index in [0.29, 0.717) is 23.5 Å². The van der Waals surface area contributed by atoms with Gasteiger partial charge in [0.25, 0.3) is 0 Å². The fourth-order valence-electron chi connectivity index (χ4n) is 10.7. The van der Waals surface area contributed by atoms with Crippen LogP contribution in [0.2, 0.25) is 0 Å². The molecule has 0 unspecified atom stereocenters. The molecule has 7 aromatic rings. The van der Waals surface area contributed by atoms with Gasteiger partial charge in [-0.2, -0.15) is 0 Å². The highest BCUT2D eigenvalue weighted by Gasteiger charge is 2.62. The second-order valence-electron chi connectivity index (χ2n) is 15.1. The zero-order chi connectivity index (χ0) is 32.8. The highest BCUT2D eigenvalue weighted by molar-refractivity contribution is 5.95. The van der Waals surface area contributed by atoms with Crippen molar-refractivity contribution in [2.75, 3.05) is 0 Å². The van der Waals surface area contributed by atoms with Crippen molar-refractivity contribution in [2.45, 2.75) is 37.5 Å². The van der Waals surface area contributed by atoms with Gasteiger partial charge in [-0.3, -0.25) is 4.98 Å². The Morgan fingerprint density at radius 1 is 0.460 bits per heavy atom. The third-order valence-electron chi connectivity index (χ3n) is 12.6. The molecule has 0 amide bonds. The van der Waals surface area contributed by atoms with Crippen LogP contribution in [0.1, 0.15) is 43.4 Å². The number of nitrogens with zero attached hydrogens (tertiary/aromatic N) is 4. The van der Waals surface area contributed by atoms with Crippen molar-refractivity contribution in [2.24, 2.45) is 23.7 Å². The van der Waals surface area contributed by atoms with Crippen LogP contribution in [-0.2, 0) is 5.41 Å². The van der Waals surface area contributed by atoms with E-state index in [9.17, 15) is 0 Å². The van der Waals surface area contributed by atoms with Gasteiger partial charge < -0.3 is 0 Å². The van der Waals surface area contributed by atoms with Crippen molar-refractivity contribution in [1.29, 1.82) is 0 Å². The molecule has 4 saturated carbocycles. The second kappa shape index (κ2) is 10.8. The number of benzene rings is 5. The smallest absolute Gasteiger partial charge is 0.164 e. The lowest BCUT2D eigenvalue weighted by Gasteiger charge is -2.60. The van der Waals surface area contributed by atoms with E-state index in [4.69, 9.17) is 19.9 Å². The second-order valence-corrected chi connectivity index (χ2v) is 15.1. The monoisotopic (exact) mass is 644 g/mol. The van der Waals surface area contributed by atoms with Crippen LogP contribution < -0.4 is 0 Å². The molecule has 1 spiro atoms. The fourth-order valence-corrected chi connectivity index (χ4v) is 10.7.